The number of aromatic nitrogens is 4. The first-order valence-electron chi connectivity index (χ1n) is 12.6. The van der Waals surface area contributed by atoms with Crippen LogP contribution in [-0.2, 0) is 21.3 Å². The van der Waals surface area contributed by atoms with Crippen molar-refractivity contribution in [2.24, 2.45) is 7.05 Å². The van der Waals surface area contributed by atoms with E-state index in [2.05, 4.69) is 31.3 Å². The molecule has 1 aliphatic heterocycles. The van der Waals surface area contributed by atoms with Crippen LogP contribution in [-0.4, -0.2) is 63.7 Å². The SMILES string of the molecule is COCC(=O)OC1CCN(c2cc3c(cc2NC(O)c2coc(-c4ccnc(C)c4)n2)c(C)nn3C)CC1. The van der Waals surface area contributed by atoms with Gasteiger partial charge in [-0.05, 0) is 38.1 Å². The lowest BCUT2D eigenvalue weighted by atomic mass is 10.0. The number of carbonyl (C=O) groups excluding carboxylic acids is 1. The summed E-state index contributed by atoms with van der Waals surface area (Å²) in [6.07, 6.45) is 3.29. The predicted molar refractivity (Wildman–Crippen MR) is 142 cm³/mol. The number of esters is 1. The minimum absolute atomic E-state index is 0.0484. The zero-order valence-corrected chi connectivity index (χ0v) is 22.0. The minimum Gasteiger partial charge on any atom is -0.461 e. The van der Waals surface area contributed by atoms with Crippen molar-refractivity contribution >= 4 is 28.2 Å². The second-order valence-electron chi connectivity index (χ2n) is 9.52. The zero-order chi connectivity index (χ0) is 26.8. The molecule has 200 valence electrons. The maximum atomic E-state index is 11.8. The summed E-state index contributed by atoms with van der Waals surface area (Å²) in [7, 11) is 3.39. The van der Waals surface area contributed by atoms with E-state index in [0.29, 0.717) is 37.5 Å². The molecule has 4 aromatic rings. The van der Waals surface area contributed by atoms with E-state index in [1.807, 2.05) is 43.8 Å². The third kappa shape index (κ3) is 5.34. The molecule has 0 spiro atoms. The van der Waals surface area contributed by atoms with Gasteiger partial charge in [0, 0.05) is 62.9 Å². The van der Waals surface area contributed by atoms with E-state index in [9.17, 15) is 9.90 Å². The Kier molecular flexibility index (Phi) is 7.30. The molecule has 1 aliphatic rings. The van der Waals surface area contributed by atoms with Gasteiger partial charge in [0.1, 0.15) is 24.7 Å². The van der Waals surface area contributed by atoms with E-state index >= 15 is 0 Å². The quantitative estimate of drug-likeness (QED) is 0.263. The average molecular weight is 521 g/mol. The van der Waals surface area contributed by atoms with Gasteiger partial charge >= 0.3 is 5.97 Å². The van der Waals surface area contributed by atoms with Gasteiger partial charge < -0.3 is 29.2 Å². The molecule has 3 aromatic heterocycles. The number of aliphatic hydroxyl groups is 1. The molecule has 5 rings (SSSR count). The number of aliphatic hydroxyl groups excluding tert-OH is 1. The number of hydrogen-bond donors (Lipinski definition) is 2. The van der Waals surface area contributed by atoms with Crippen LogP contribution in [0.5, 0.6) is 0 Å². The van der Waals surface area contributed by atoms with Gasteiger partial charge in [-0.15, -0.1) is 0 Å². The van der Waals surface area contributed by atoms with E-state index in [1.54, 1.807) is 6.20 Å². The van der Waals surface area contributed by atoms with Crippen molar-refractivity contribution in [3.8, 4) is 11.5 Å². The number of nitrogens with zero attached hydrogens (tertiary/aromatic N) is 5. The van der Waals surface area contributed by atoms with Crippen LogP contribution in [0.25, 0.3) is 22.4 Å². The third-order valence-electron chi connectivity index (χ3n) is 6.73. The summed E-state index contributed by atoms with van der Waals surface area (Å²) in [5.41, 5.74) is 5.57. The molecule has 1 aromatic carbocycles. The summed E-state index contributed by atoms with van der Waals surface area (Å²) in [4.78, 5) is 22.8. The summed E-state index contributed by atoms with van der Waals surface area (Å²) in [6, 6.07) is 7.78. The number of pyridine rings is 1. The molecule has 0 aliphatic carbocycles. The van der Waals surface area contributed by atoms with Gasteiger partial charge in [-0.3, -0.25) is 9.67 Å². The van der Waals surface area contributed by atoms with Gasteiger partial charge in [-0.2, -0.15) is 5.10 Å². The topological polar surface area (TPSA) is 128 Å². The molecule has 2 N–H and O–H groups in total. The highest BCUT2D eigenvalue weighted by Gasteiger charge is 2.26. The molecule has 4 heterocycles. The summed E-state index contributed by atoms with van der Waals surface area (Å²) in [6.45, 7) is 5.19. The fourth-order valence-electron chi connectivity index (χ4n) is 4.84. The maximum Gasteiger partial charge on any atom is 0.332 e. The fourth-order valence-corrected chi connectivity index (χ4v) is 4.84. The Balaban J connectivity index is 1.39. The number of aryl methyl sites for hydroxylation is 3. The van der Waals surface area contributed by atoms with E-state index in [4.69, 9.17) is 13.9 Å². The van der Waals surface area contributed by atoms with Crippen LogP contribution in [0.1, 0.15) is 36.2 Å². The van der Waals surface area contributed by atoms with E-state index in [1.165, 1.54) is 13.4 Å². The number of hydrogen-bond acceptors (Lipinski definition) is 10. The minimum atomic E-state index is -1.10. The average Bonchev–Trinajstić information content (AvgIpc) is 3.49. The smallest absolute Gasteiger partial charge is 0.332 e. The Morgan fingerprint density at radius 1 is 1.26 bits per heavy atom. The Morgan fingerprint density at radius 3 is 2.79 bits per heavy atom. The number of anilines is 2. The van der Waals surface area contributed by atoms with E-state index in [-0.39, 0.29) is 18.7 Å². The molecule has 1 unspecified atom stereocenters. The summed E-state index contributed by atoms with van der Waals surface area (Å²) in [5, 5.41) is 19.9. The Morgan fingerprint density at radius 2 is 2.05 bits per heavy atom. The van der Waals surface area contributed by atoms with Gasteiger partial charge in [0.25, 0.3) is 0 Å². The van der Waals surface area contributed by atoms with Crippen molar-refractivity contribution in [1.29, 1.82) is 0 Å². The molecule has 0 radical (unpaired) electrons. The number of oxazole rings is 1. The zero-order valence-electron chi connectivity index (χ0n) is 22.0. The Hall–Kier alpha value is -3.96. The van der Waals surface area contributed by atoms with Gasteiger partial charge in [-0.25, -0.2) is 9.78 Å². The number of carbonyl (C=O) groups is 1. The van der Waals surface area contributed by atoms with Gasteiger partial charge in [0.15, 0.2) is 6.23 Å². The predicted octanol–water partition coefficient (Wildman–Crippen LogP) is 3.50. The number of methoxy groups -OCH3 is 1. The molecular weight excluding hydrogens is 488 g/mol. The lowest BCUT2D eigenvalue weighted by Crippen LogP contribution is -2.38. The monoisotopic (exact) mass is 520 g/mol. The Labute approximate surface area is 220 Å². The molecule has 38 heavy (non-hydrogen) atoms. The second-order valence-corrected chi connectivity index (χ2v) is 9.52. The largest absolute Gasteiger partial charge is 0.461 e. The number of fused-ring (bicyclic) bond motifs is 1. The lowest BCUT2D eigenvalue weighted by molar-refractivity contribution is -0.154. The summed E-state index contributed by atoms with van der Waals surface area (Å²) < 4.78 is 17.9. The van der Waals surface area contributed by atoms with Crippen molar-refractivity contribution in [2.45, 2.75) is 39.0 Å². The van der Waals surface area contributed by atoms with Crippen LogP contribution in [0.2, 0.25) is 0 Å². The van der Waals surface area contributed by atoms with Gasteiger partial charge in [0.05, 0.1) is 22.6 Å². The summed E-state index contributed by atoms with van der Waals surface area (Å²) >= 11 is 0. The van der Waals surface area contributed by atoms with Crippen LogP contribution in [0.15, 0.2) is 41.1 Å². The van der Waals surface area contributed by atoms with Crippen LogP contribution in [0.4, 0.5) is 11.4 Å². The molecular formula is C27H32N6O5. The van der Waals surface area contributed by atoms with E-state index in [0.717, 1.165) is 39.2 Å². The maximum absolute atomic E-state index is 11.8. The molecule has 0 saturated carbocycles. The molecule has 1 saturated heterocycles. The van der Waals surface area contributed by atoms with Crippen LogP contribution >= 0.6 is 0 Å². The highest BCUT2D eigenvalue weighted by atomic mass is 16.6. The van der Waals surface area contributed by atoms with Gasteiger partial charge in [0.2, 0.25) is 5.89 Å². The van der Waals surface area contributed by atoms with Gasteiger partial charge in [-0.1, -0.05) is 0 Å². The van der Waals surface area contributed by atoms with Crippen LogP contribution in [0, 0.1) is 13.8 Å². The molecule has 0 amide bonds. The number of nitrogens with one attached hydrogen (secondary N) is 1. The fraction of sp³-hybridized carbons (Fsp3) is 0.407. The highest BCUT2D eigenvalue weighted by molar-refractivity contribution is 5.92. The first-order valence-corrected chi connectivity index (χ1v) is 12.6. The molecule has 11 nitrogen and oxygen atoms in total. The molecule has 11 heteroatoms. The third-order valence-corrected chi connectivity index (χ3v) is 6.73. The van der Waals surface area contributed by atoms with Crippen molar-refractivity contribution in [1.82, 2.24) is 19.7 Å². The number of benzene rings is 1. The molecule has 1 atom stereocenters. The van der Waals surface area contributed by atoms with Crippen molar-refractivity contribution < 1.29 is 23.8 Å². The molecule has 0 bridgehead atoms. The van der Waals surface area contributed by atoms with Crippen LogP contribution in [0.3, 0.4) is 0 Å². The summed E-state index contributed by atoms with van der Waals surface area (Å²) in [5.74, 6) is 0.0623. The lowest BCUT2D eigenvalue weighted by Gasteiger charge is -2.34. The van der Waals surface area contributed by atoms with E-state index < -0.39 is 6.23 Å². The highest BCUT2D eigenvalue weighted by Crippen LogP contribution is 2.36. The first-order chi connectivity index (χ1) is 18.3. The standard InChI is InChI=1S/C27H32N6O5/c1-16-11-18(5-8-28-16)27-30-22(14-37-27)26(35)29-21-12-20-17(2)31-32(3)23(20)13-24(21)33-9-6-19(7-10-33)38-25(34)15-36-4/h5,8,11-14,19,26,29,35H,6-7,9-10,15H2,1-4H3. The first kappa shape index (κ1) is 25.7. The second kappa shape index (κ2) is 10.8. The number of ether oxygens (including phenoxy) is 2. The van der Waals surface area contributed by atoms with Crippen molar-refractivity contribution in [3.63, 3.8) is 0 Å². The molecule has 1 fully saturated rings. The van der Waals surface area contributed by atoms with Crippen molar-refractivity contribution in [2.75, 3.05) is 37.0 Å². The van der Waals surface area contributed by atoms with Crippen molar-refractivity contribution in [3.05, 3.63) is 53.8 Å². The number of rotatable bonds is 8. The number of piperidine rings is 1. The normalized spacial score (nSPS) is 15.1. The Bertz CT molecular complexity index is 1440. The van der Waals surface area contributed by atoms with Crippen LogP contribution < -0.4 is 10.2 Å².